The zero-order chi connectivity index (χ0) is 14.4. The maximum Gasteiger partial charge on any atom is 0.326 e. The van der Waals surface area contributed by atoms with Gasteiger partial charge in [-0.15, -0.1) is 0 Å². The number of benzene rings is 1. The van der Waals surface area contributed by atoms with E-state index in [0.717, 1.165) is 0 Å². The molecule has 0 spiro atoms. The van der Waals surface area contributed by atoms with E-state index in [1.165, 1.54) is 24.3 Å². The van der Waals surface area contributed by atoms with E-state index in [-0.39, 0.29) is 18.4 Å². The molecule has 0 bridgehead atoms. The highest BCUT2D eigenvalue weighted by Gasteiger charge is 2.21. The van der Waals surface area contributed by atoms with E-state index in [1.807, 2.05) is 0 Å². The van der Waals surface area contributed by atoms with Crippen LogP contribution in [0.3, 0.4) is 0 Å². The van der Waals surface area contributed by atoms with Crippen molar-refractivity contribution in [3.05, 3.63) is 34.9 Å². The van der Waals surface area contributed by atoms with E-state index in [1.54, 1.807) is 0 Å². The molecule has 0 saturated heterocycles. The fraction of sp³-hybridized carbons (Fsp3) is 0.250. The molecular weight excluding hydrogens is 274 g/mol. The summed E-state index contributed by atoms with van der Waals surface area (Å²) in [5.74, 6) is -2.98. The molecule has 1 amide bonds. The van der Waals surface area contributed by atoms with Gasteiger partial charge in [-0.1, -0.05) is 11.6 Å². The maximum absolute atomic E-state index is 11.8. The van der Waals surface area contributed by atoms with Gasteiger partial charge in [0.1, 0.15) is 6.04 Å². The van der Waals surface area contributed by atoms with Crippen molar-refractivity contribution in [2.75, 3.05) is 0 Å². The van der Waals surface area contributed by atoms with Gasteiger partial charge >= 0.3 is 11.9 Å². The number of carbonyl (C=O) groups is 3. The Balaban J connectivity index is 2.68. The Kier molecular flexibility index (Phi) is 5.32. The quantitative estimate of drug-likeness (QED) is 0.733. The van der Waals surface area contributed by atoms with Gasteiger partial charge in [-0.05, 0) is 30.7 Å². The highest BCUT2D eigenvalue weighted by Crippen LogP contribution is 2.10. The van der Waals surface area contributed by atoms with Crippen molar-refractivity contribution < 1.29 is 24.6 Å². The van der Waals surface area contributed by atoms with Crippen LogP contribution >= 0.6 is 11.6 Å². The van der Waals surface area contributed by atoms with Crippen LogP contribution in [0.15, 0.2) is 24.3 Å². The average Bonchev–Trinajstić information content (AvgIpc) is 2.34. The molecule has 3 N–H and O–H groups in total. The van der Waals surface area contributed by atoms with Crippen molar-refractivity contribution in [3.63, 3.8) is 0 Å². The van der Waals surface area contributed by atoms with Crippen molar-refractivity contribution in [2.45, 2.75) is 18.9 Å². The third-order valence-corrected chi connectivity index (χ3v) is 2.61. The van der Waals surface area contributed by atoms with Crippen LogP contribution < -0.4 is 5.32 Å². The lowest BCUT2D eigenvalue weighted by atomic mass is 10.1. The normalized spacial score (nSPS) is 11.6. The van der Waals surface area contributed by atoms with Crippen molar-refractivity contribution in [1.29, 1.82) is 0 Å². The lowest BCUT2D eigenvalue weighted by Gasteiger charge is -2.13. The van der Waals surface area contributed by atoms with Gasteiger partial charge in [0.25, 0.3) is 5.91 Å². The molecule has 19 heavy (non-hydrogen) atoms. The van der Waals surface area contributed by atoms with Crippen molar-refractivity contribution in [2.24, 2.45) is 0 Å². The van der Waals surface area contributed by atoms with Crippen LogP contribution in [-0.2, 0) is 9.59 Å². The van der Waals surface area contributed by atoms with E-state index in [9.17, 15) is 14.4 Å². The molecular formula is C12H12ClNO5. The molecule has 0 unspecified atom stereocenters. The SMILES string of the molecule is O=C(O)CC[C@@H](NC(=O)c1ccc(Cl)cc1)C(=O)O. The first-order valence-electron chi connectivity index (χ1n) is 5.41. The van der Waals surface area contributed by atoms with Gasteiger partial charge in [-0.3, -0.25) is 9.59 Å². The first-order valence-corrected chi connectivity index (χ1v) is 5.79. The Hall–Kier alpha value is -2.08. The van der Waals surface area contributed by atoms with Gasteiger partial charge in [-0.25, -0.2) is 4.79 Å². The van der Waals surface area contributed by atoms with Crippen LogP contribution in [0, 0.1) is 0 Å². The largest absolute Gasteiger partial charge is 0.481 e. The molecule has 1 atom stereocenters. The summed E-state index contributed by atoms with van der Waals surface area (Å²) in [7, 11) is 0. The predicted molar refractivity (Wildman–Crippen MR) is 67.2 cm³/mol. The minimum Gasteiger partial charge on any atom is -0.481 e. The van der Waals surface area contributed by atoms with Gasteiger partial charge in [0, 0.05) is 17.0 Å². The third kappa shape index (κ3) is 4.97. The minimum absolute atomic E-state index is 0.177. The van der Waals surface area contributed by atoms with Crippen LogP contribution in [0.5, 0.6) is 0 Å². The molecule has 0 aliphatic rings. The monoisotopic (exact) mass is 285 g/mol. The highest BCUT2D eigenvalue weighted by molar-refractivity contribution is 6.30. The predicted octanol–water partition coefficient (Wildman–Crippen LogP) is 1.39. The van der Waals surface area contributed by atoms with Crippen LogP contribution in [0.4, 0.5) is 0 Å². The summed E-state index contributed by atoms with van der Waals surface area (Å²) in [5, 5.41) is 20.1. The molecule has 0 saturated carbocycles. The fourth-order valence-electron chi connectivity index (χ4n) is 1.37. The van der Waals surface area contributed by atoms with Gasteiger partial charge in [0.2, 0.25) is 0 Å². The van der Waals surface area contributed by atoms with Crippen LogP contribution in [0.25, 0.3) is 0 Å². The summed E-state index contributed by atoms with van der Waals surface area (Å²) in [6, 6.07) is 4.67. The number of hydrogen-bond acceptors (Lipinski definition) is 3. The Morgan fingerprint density at radius 3 is 2.21 bits per heavy atom. The second-order valence-corrected chi connectivity index (χ2v) is 4.24. The van der Waals surface area contributed by atoms with Crippen LogP contribution in [0.1, 0.15) is 23.2 Å². The molecule has 0 aliphatic heterocycles. The maximum atomic E-state index is 11.8. The van der Waals surface area contributed by atoms with Gasteiger partial charge < -0.3 is 15.5 Å². The Morgan fingerprint density at radius 1 is 1.16 bits per heavy atom. The Bertz CT molecular complexity index is 485. The molecule has 1 rings (SSSR count). The van der Waals surface area contributed by atoms with Crippen molar-refractivity contribution in [3.8, 4) is 0 Å². The van der Waals surface area contributed by atoms with Crippen LogP contribution in [0.2, 0.25) is 5.02 Å². The number of carboxylic acid groups (broad SMARTS) is 2. The summed E-state index contributed by atoms with van der Waals surface area (Å²) in [6.07, 6.45) is -0.512. The zero-order valence-corrected chi connectivity index (χ0v) is 10.6. The average molecular weight is 286 g/mol. The molecule has 0 radical (unpaired) electrons. The summed E-state index contributed by atoms with van der Waals surface area (Å²) in [5.41, 5.74) is 0.256. The van der Waals surface area contributed by atoms with Gasteiger partial charge in [0.05, 0.1) is 0 Å². The van der Waals surface area contributed by atoms with Crippen molar-refractivity contribution in [1.82, 2.24) is 5.32 Å². The molecule has 1 aromatic carbocycles. The molecule has 7 heteroatoms. The highest BCUT2D eigenvalue weighted by atomic mass is 35.5. The second-order valence-electron chi connectivity index (χ2n) is 3.80. The van der Waals surface area contributed by atoms with Crippen molar-refractivity contribution >= 4 is 29.4 Å². The summed E-state index contributed by atoms with van der Waals surface area (Å²) >= 11 is 5.67. The molecule has 0 fully saturated rings. The standard InChI is InChI=1S/C12H12ClNO5/c13-8-3-1-7(2-4-8)11(17)14-9(12(18)19)5-6-10(15)16/h1-4,9H,5-6H2,(H,14,17)(H,15,16)(H,18,19)/t9-/m1/s1. The number of amides is 1. The van der Waals surface area contributed by atoms with Gasteiger partial charge in [-0.2, -0.15) is 0 Å². The number of carboxylic acids is 2. The lowest BCUT2D eigenvalue weighted by Crippen LogP contribution is -2.41. The Labute approximate surface area is 114 Å². The molecule has 1 aromatic rings. The number of halogens is 1. The molecule has 102 valence electrons. The topological polar surface area (TPSA) is 104 Å². The number of hydrogen-bond donors (Lipinski definition) is 3. The van der Waals surface area contributed by atoms with E-state index in [2.05, 4.69) is 5.32 Å². The molecule has 0 aromatic heterocycles. The molecule has 0 aliphatic carbocycles. The van der Waals surface area contributed by atoms with Gasteiger partial charge in [0.15, 0.2) is 0 Å². The third-order valence-electron chi connectivity index (χ3n) is 2.36. The molecule has 0 heterocycles. The second kappa shape index (κ2) is 6.75. The first-order chi connectivity index (χ1) is 8.90. The lowest BCUT2D eigenvalue weighted by molar-refractivity contribution is -0.140. The minimum atomic E-state index is -1.27. The van der Waals surface area contributed by atoms with E-state index < -0.39 is 23.9 Å². The number of carbonyl (C=O) groups excluding carboxylic acids is 1. The molecule has 6 nitrogen and oxygen atoms in total. The van der Waals surface area contributed by atoms with E-state index in [4.69, 9.17) is 21.8 Å². The summed E-state index contributed by atoms with van der Waals surface area (Å²) < 4.78 is 0. The van der Waals surface area contributed by atoms with E-state index in [0.29, 0.717) is 5.02 Å². The summed E-state index contributed by atoms with van der Waals surface area (Å²) in [6.45, 7) is 0. The first kappa shape index (κ1) is 15.0. The Morgan fingerprint density at radius 2 is 1.74 bits per heavy atom. The number of nitrogens with one attached hydrogen (secondary N) is 1. The zero-order valence-electron chi connectivity index (χ0n) is 9.80. The summed E-state index contributed by atoms with van der Waals surface area (Å²) in [4.78, 5) is 33.1. The van der Waals surface area contributed by atoms with Crippen LogP contribution in [-0.4, -0.2) is 34.1 Å². The number of rotatable bonds is 6. The van der Waals surface area contributed by atoms with E-state index >= 15 is 0 Å². The fourth-order valence-corrected chi connectivity index (χ4v) is 1.49. The number of aliphatic carboxylic acids is 2. The smallest absolute Gasteiger partial charge is 0.326 e.